The van der Waals surface area contributed by atoms with Gasteiger partial charge in [-0.15, -0.1) is 11.3 Å². The molecular weight excluding hydrogens is 212 g/mol. The molecular formula is C9H12N4OS. The summed E-state index contributed by atoms with van der Waals surface area (Å²) in [6.45, 7) is 0. The standard InChI is InChI=1S/C9H12N4OS/c1-13-4-5(3-10)7-2-6(8(11)14)9(12)15-7/h2-4H,10,12H2,1H3,(H2,11,14). The largest absolute Gasteiger partial charge is 0.404 e. The van der Waals surface area contributed by atoms with Gasteiger partial charge < -0.3 is 17.2 Å². The average molecular weight is 224 g/mol. The molecule has 0 bridgehead atoms. The SMILES string of the molecule is CN=CC(=CN)c1cc(C(N)=O)c(N)s1. The van der Waals surface area contributed by atoms with E-state index in [1.54, 1.807) is 19.3 Å². The molecule has 0 saturated carbocycles. The number of anilines is 1. The smallest absolute Gasteiger partial charge is 0.251 e. The molecule has 0 aliphatic rings. The zero-order valence-electron chi connectivity index (χ0n) is 8.23. The maximum absolute atomic E-state index is 11.0. The highest BCUT2D eigenvalue weighted by molar-refractivity contribution is 7.17. The quantitative estimate of drug-likeness (QED) is 0.648. The molecule has 0 spiro atoms. The molecule has 0 fully saturated rings. The molecule has 6 N–H and O–H groups in total. The molecule has 6 heteroatoms. The number of rotatable bonds is 3. The summed E-state index contributed by atoms with van der Waals surface area (Å²) in [6.07, 6.45) is 3.00. The molecule has 1 aromatic rings. The Morgan fingerprint density at radius 2 is 2.27 bits per heavy atom. The van der Waals surface area contributed by atoms with E-state index in [-0.39, 0.29) is 0 Å². The lowest BCUT2D eigenvalue weighted by Gasteiger charge is -1.93. The van der Waals surface area contributed by atoms with Gasteiger partial charge in [0.05, 0.1) is 10.6 Å². The summed E-state index contributed by atoms with van der Waals surface area (Å²) in [4.78, 5) is 15.6. The lowest BCUT2D eigenvalue weighted by molar-refractivity contribution is 0.100. The van der Waals surface area contributed by atoms with Crippen LogP contribution in [0.5, 0.6) is 0 Å². The molecule has 0 unspecified atom stereocenters. The lowest BCUT2D eigenvalue weighted by Crippen LogP contribution is -2.11. The Labute approximate surface area is 91.3 Å². The van der Waals surface area contributed by atoms with E-state index < -0.39 is 5.91 Å². The summed E-state index contributed by atoms with van der Waals surface area (Å²) in [6, 6.07) is 1.61. The number of hydrogen-bond acceptors (Lipinski definition) is 5. The fraction of sp³-hybridized carbons (Fsp3) is 0.111. The van der Waals surface area contributed by atoms with Crippen LogP contribution in [0.4, 0.5) is 5.00 Å². The fourth-order valence-corrected chi connectivity index (χ4v) is 1.99. The van der Waals surface area contributed by atoms with Crippen LogP contribution < -0.4 is 17.2 Å². The molecule has 15 heavy (non-hydrogen) atoms. The van der Waals surface area contributed by atoms with Crippen LogP contribution in [0.3, 0.4) is 0 Å². The highest BCUT2D eigenvalue weighted by atomic mass is 32.1. The highest BCUT2D eigenvalue weighted by Gasteiger charge is 2.12. The van der Waals surface area contributed by atoms with Crippen molar-refractivity contribution >= 4 is 34.0 Å². The number of primary amides is 1. The minimum atomic E-state index is -0.542. The molecule has 5 nitrogen and oxygen atoms in total. The van der Waals surface area contributed by atoms with E-state index >= 15 is 0 Å². The van der Waals surface area contributed by atoms with Crippen molar-refractivity contribution in [3.63, 3.8) is 0 Å². The van der Waals surface area contributed by atoms with Gasteiger partial charge in [-0.05, 0) is 6.07 Å². The first-order valence-electron chi connectivity index (χ1n) is 4.13. The van der Waals surface area contributed by atoms with E-state index in [4.69, 9.17) is 17.2 Å². The van der Waals surface area contributed by atoms with E-state index in [2.05, 4.69) is 4.99 Å². The lowest BCUT2D eigenvalue weighted by atomic mass is 10.2. The maximum atomic E-state index is 11.0. The van der Waals surface area contributed by atoms with Crippen molar-refractivity contribution in [3.8, 4) is 0 Å². The average Bonchev–Trinajstić information content (AvgIpc) is 2.56. The number of hydrogen-bond donors (Lipinski definition) is 3. The predicted molar refractivity (Wildman–Crippen MR) is 63.8 cm³/mol. The van der Waals surface area contributed by atoms with Crippen LogP contribution in [0, 0.1) is 0 Å². The van der Waals surface area contributed by atoms with E-state index in [9.17, 15) is 4.79 Å². The molecule has 0 aliphatic heterocycles. The van der Waals surface area contributed by atoms with E-state index in [0.717, 1.165) is 4.88 Å². The van der Waals surface area contributed by atoms with Crippen LogP contribution >= 0.6 is 11.3 Å². The molecule has 1 rings (SSSR count). The van der Waals surface area contributed by atoms with Crippen LogP contribution in [0.25, 0.3) is 5.57 Å². The molecule has 1 aromatic heterocycles. The van der Waals surface area contributed by atoms with Gasteiger partial charge in [0.15, 0.2) is 0 Å². The van der Waals surface area contributed by atoms with Crippen molar-refractivity contribution in [2.75, 3.05) is 12.8 Å². The molecule has 1 amide bonds. The minimum Gasteiger partial charge on any atom is -0.404 e. The Bertz CT molecular complexity index is 433. The Balaban J connectivity index is 3.17. The molecule has 0 aliphatic carbocycles. The molecule has 80 valence electrons. The fourth-order valence-electron chi connectivity index (χ4n) is 1.07. The number of aliphatic imine (C=N–C) groups is 1. The molecule has 0 atom stereocenters. The number of nitrogens with zero attached hydrogens (tertiary/aromatic N) is 1. The predicted octanol–water partition coefficient (Wildman–Crippen LogP) is 0.429. The van der Waals surface area contributed by atoms with Crippen LogP contribution in [0.15, 0.2) is 17.3 Å². The number of nitrogen functional groups attached to an aromatic ring is 1. The van der Waals surface area contributed by atoms with Crippen molar-refractivity contribution in [1.82, 2.24) is 0 Å². The van der Waals surface area contributed by atoms with Gasteiger partial charge in [-0.3, -0.25) is 9.79 Å². The van der Waals surface area contributed by atoms with Gasteiger partial charge in [-0.2, -0.15) is 0 Å². The number of nitrogens with two attached hydrogens (primary N) is 3. The first kappa shape index (κ1) is 11.3. The summed E-state index contributed by atoms with van der Waals surface area (Å²) < 4.78 is 0. The van der Waals surface area contributed by atoms with Gasteiger partial charge in [0.2, 0.25) is 0 Å². The number of carbonyl (C=O) groups excluding carboxylic acids is 1. The Hall–Kier alpha value is -1.82. The minimum absolute atomic E-state index is 0.318. The third-order valence-corrected chi connectivity index (χ3v) is 2.77. The summed E-state index contributed by atoms with van der Waals surface area (Å²) in [7, 11) is 1.63. The topological polar surface area (TPSA) is 107 Å². The number of carbonyl (C=O) groups is 1. The molecule has 0 radical (unpaired) electrons. The summed E-state index contributed by atoms with van der Waals surface area (Å²) >= 11 is 1.25. The molecule has 0 aromatic carbocycles. The number of amides is 1. The van der Waals surface area contributed by atoms with E-state index in [1.807, 2.05) is 0 Å². The molecule has 0 saturated heterocycles. The normalized spacial score (nSPS) is 12.2. The van der Waals surface area contributed by atoms with Crippen molar-refractivity contribution in [2.24, 2.45) is 16.5 Å². The number of allylic oxidation sites excluding steroid dienone is 1. The van der Waals surface area contributed by atoms with Gasteiger partial charge in [0.25, 0.3) is 5.91 Å². The monoisotopic (exact) mass is 224 g/mol. The van der Waals surface area contributed by atoms with Crippen LogP contribution in [-0.4, -0.2) is 19.2 Å². The van der Waals surface area contributed by atoms with Gasteiger partial charge >= 0.3 is 0 Å². The van der Waals surface area contributed by atoms with Crippen molar-refractivity contribution in [3.05, 3.63) is 22.7 Å². The van der Waals surface area contributed by atoms with Gasteiger partial charge in [0, 0.05) is 29.9 Å². The summed E-state index contributed by atoms with van der Waals surface area (Å²) in [5.41, 5.74) is 17.2. The molecule has 1 heterocycles. The van der Waals surface area contributed by atoms with Crippen molar-refractivity contribution < 1.29 is 4.79 Å². The highest BCUT2D eigenvalue weighted by Crippen LogP contribution is 2.28. The van der Waals surface area contributed by atoms with Gasteiger partial charge in [-0.25, -0.2) is 0 Å². The zero-order chi connectivity index (χ0) is 11.4. The van der Waals surface area contributed by atoms with E-state index in [0.29, 0.717) is 16.1 Å². The number of thiophene rings is 1. The first-order valence-corrected chi connectivity index (χ1v) is 4.95. The second-order valence-corrected chi connectivity index (χ2v) is 3.85. The van der Waals surface area contributed by atoms with Gasteiger partial charge in [0.1, 0.15) is 0 Å². The van der Waals surface area contributed by atoms with Crippen molar-refractivity contribution in [1.29, 1.82) is 0 Å². The third kappa shape index (κ3) is 2.35. The second-order valence-electron chi connectivity index (χ2n) is 2.76. The Kier molecular flexibility index (Phi) is 3.46. The summed E-state index contributed by atoms with van der Waals surface area (Å²) in [5.74, 6) is -0.542. The Morgan fingerprint density at radius 3 is 2.67 bits per heavy atom. The van der Waals surface area contributed by atoms with Gasteiger partial charge in [-0.1, -0.05) is 0 Å². The third-order valence-electron chi connectivity index (χ3n) is 1.76. The summed E-state index contributed by atoms with van der Waals surface area (Å²) in [5, 5.41) is 0.390. The first-order chi connectivity index (χ1) is 7.10. The van der Waals surface area contributed by atoms with Crippen LogP contribution in [-0.2, 0) is 0 Å². The van der Waals surface area contributed by atoms with Crippen molar-refractivity contribution in [2.45, 2.75) is 0 Å². The second kappa shape index (κ2) is 4.61. The maximum Gasteiger partial charge on any atom is 0.251 e. The van der Waals surface area contributed by atoms with Crippen LogP contribution in [0.1, 0.15) is 15.2 Å². The van der Waals surface area contributed by atoms with E-state index in [1.165, 1.54) is 17.5 Å². The Morgan fingerprint density at radius 1 is 1.60 bits per heavy atom. The zero-order valence-corrected chi connectivity index (χ0v) is 9.04. The van der Waals surface area contributed by atoms with Crippen LogP contribution in [0.2, 0.25) is 0 Å².